The Morgan fingerprint density at radius 3 is 2.24 bits per heavy atom. The molecular weight excluding hydrogens is 342 g/mol. The van der Waals surface area contributed by atoms with E-state index >= 15 is 0 Å². The molecule has 2 rings (SSSR count). The summed E-state index contributed by atoms with van der Waals surface area (Å²) < 4.78 is 35.3. The predicted octanol–water partition coefficient (Wildman–Crippen LogP) is 3.14. The number of hydrogen-bond donors (Lipinski definition) is 1. The third kappa shape index (κ3) is 3.93. The van der Waals surface area contributed by atoms with Crippen molar-refractivity contribution < 1.29 is 22.7 Å². The maximum Gasteiger partial charge on any atom is 0.256 e. The van der Waals surface area contributed by atoms with Crippen molar-refractivity contribution in [1.82, 2.24) is 0 Å². The highest BCUT2D eigenvalue weighted by Gasteiger charge is 2.25. The summed E-state index contributed by atoms with van der Waals surface area (Å²) in [7, 11) is -0.563. The van der Waals surface area contributed by atoms with E-state index in [-0.39, 0.29) is 10.5 Å². The minimum Gasteiger partial charge on any atom is -0.493 e. The van der Waals surface area contributed by atoms with Crippen LogP contribution in [0.25, 0.3) is 0 Å². The molecule has 0 fully saturated rings. The molecule has 0 saturated carbocycles. The summed E-state index contributed by atoms with van der Waals surface area (Å²) in [4.78, 5) is 12.6. The zero-order valence-electron chi connectivity index (χ0n) is 14.6. The number of amides is 1. The van der Waals surface area contributed by atoms with Crippen LogP contribution in [-0.4, -0.2) is 33.8 Å². The van der Waals surface area contributed by atoms with Gasteiger partial charge >= 0.3 is 0 Å². The summed E-state index contributed by atoms with van der Waals surface area (Å²) >= 11 is 0. The zero-order chi connectivity index (χ0) is 18.6. The SMILES string of the molecule is COc1ccc(NC(=O)c2ccccc2S(=O)(=O)C(C)C)cc1OC. The number of rotatable bonds is 6. The molecule has 0 aliphatic rings. The van der Waals surface area contributed by atoms with Crippen molar-refractivity contribution in [3.63, 3.8) is 0 Å². The molecule has 0 aliphatic heterocycles. The van der Waals surface area contributed by atoms with Gasteiger partial charge in [0.1, 0.15) is 0 Å². The molecule has 0 saturated heterocycles. The molecule has 134 valence electrons. The van der Waals surface area contributed by atoms with Crippen molar-refractivity contribution in [2.75, 3.05) is 19.5 Å². The Morgan fingerprint density at radius 1 is 1.00 bits per heavy atom. The average Bonchev–Trinajstić information content (AvgIpc) is 2.61. The molecule has 2 aromatic carbocycles. The molecule has 0 aromatic heterocycles. The monoisotopic (exact) mass is 363 g/mol. The standard InChI is InChI=1S/C18H21NO5S/c1-12(2)25(21,22)17-8-6-5-7-14(17)18(20)19-13-9-10-15(23-3)16(11-13)24-4/h5-12H,1-4H3,(H,19,20). The Labute approximate surface area is 147 Å². The lowest BCUT2D eigenvalue weighted by Gasteiger charge is -2.14. The molecule has 0 atom stereocenters. The summed E-state index contributed by atoms with van der Waals surface area (Å²) in [6, 6.07) is 11.1. The van der Waals surface area contributed by atoms with E-state index in [4.69, 9.17) is 9.47 Å². The second kappa shape index (κ2) is 7.57. The number of hydrogen-bond acceptors (Lipinski definition) is 5. The number of carbonyl (C=O) groups excluding carboxylic acids is 1. The largest absolute Gasteiger partial charge is 0.493 e. The second-order valence-electron chi connectivity index (χ2n) is 5.61. The topological polar surface area (TPSA) is 81.7 Å². The summed E-state index contributed by atoms with van der Waals surface area (Å²) in [5, 5.41) is 2.07. The molecular formula is C18H21NO5S. The Hall–Kier alpha value is -2.54. The lowest BCUT2D eigenvalue weighted by Crippen LogP contribution is -2.20. The van der Waals surface area contributed by atoms with E-state index in [1.165, 1.54) is 26.4 Å². The van der Waals surface area contributed by atoms with Crippen molar-refractivity contribution in [3.05, 3.63) is 48.0 Å². The Bertz CT molecular complexity index is 875. The molecule has 0 unspecified atom stereocenters. The normalized spacial score (nSPS) is 11.2. The van der Waals surface area contributed by atoms with Gasteiger partial charge in [0, 0.05) is 11.8 Å². The Balaban J connectivity index is 2.37. The molecule has 0 aliphatic carbocycles. The number of carbonyl (C=O) groups is 1. The smallest absolute Gasteiger partial charge is 0.256 e. The fourth-order valence-corrected chi connectivity index (χ4v) is 3.51. The minimum atomic E-state index is -3.57. The molecule has 1 N–H and O–H groups in total. The highest BCUT2D eigenvalue weighted by atomic mass is 32.2. The number of ether oxygens (including phenoxy) is 2. The van der Waals surface area contributed by atoms with Crippen LogP contribution in [0, 0.1) is 0 Å². The third-order valence-corrected chi connectivity index (χ3v) is 5.91. The number of anilines is 1. The van der Waals surface area contributed by atoms with E-state index in [9.17, 15) is 13.2 Å². The zero-order valence-corrected chi connectivity index (χ0v) is 15.4. The molecule has 0 radical (unpaired) electrons. The molecule has 25 heavy (non-hydrogen) atoms. The van der Waals surface area contributed by atoms with Gasteiger partial charge in [0.05, 0.1) is 29.9 Å². The maximum atomic E-state index is 12.6. The summed E-state index contributed by atoms with van der Waals surface area (Å²) in [5.41, 5.74) is 0.574. The predicted molar refractivity (Wildman–Crippen MR) is 96.3 cm³/mol. The van der Waals surface area contributed by atoms with Crippen LogP contribution in [0.2, 0.25) is 0 Å². The van der Waals surface area contributed by atoms with E-state index in [1.807, 2.05) is 0 Å². The van der Waals surface area contributed by atoms with Crippen molar-refractivity contribution in [2.45, 2.75) is 24.0 Å². The first-order chi connectivity index (χ1) is 11.8. The van der Waals surface area contributed by atoms with Crippen molar-refractivity contribution in [1.29, 1.82) is 0 Å². The fraction of sp³-hybridized carbons (Fsp3) is 0.278. The van der Waals surface area contributed by atoms with Crippen LogP contribution in [0.1, 0.15) is 24.2 Å². The van der Waals surface area contributed by atoms with Crippen molar-refractivity contribution >= 4 is 21.4 Å². The molecule has 6 nitrogen and oxygen atoms in total. The van der Waals surface area contributed by atoms with Crippen LogP contribution in [-0.2, 0) is 9.84 Å². The van der Waals surface area contributed by atoms with Crippen LogP contribution in [0.4, 0.5) is 5.69 Å². The van der Waals surface area contributed by atoms with Crippen molar-refractivity contribution in [2.24, 2.45) is 0 Å². The molecule has 0 spiro atoms. The van der Waals surface area contributed by atoms with E-state index in [2.05, 4.69) is 5.32 Å². The quantitative estimate of drug-likeness (QED) is 0.853. The van der Waals surface area contributed by atoms with Gasteiger partial charge in [-0.3, -0.25) is 4.79 Å². The van der Waals surface area contributed by atoms with E-state index in [1.54, 1.807) is 44.2 Å². The summed E-state index contributed by atoms with van der Waals surface area (Å²) in [5.74, 6) is 0.485. The molecule has 2 aromatic rings. The first-order valence-electron chi connectivity index (χ1n) is 7.67. The minimum absolute atomic E-state index is 0.0166. The lowest BCUT2D eigenvalue weighted by molar-refractivity contribution is 0.102. The first-order valence-corrected chi connectivity index (χ1v) is 9.22. The molecule has 1 amide bonds. The van der Waals surface area contributed by atoms with Gasteiger partial charge in [-0.05, 0) is 38.1 Å². The van der Waals surface area contributed by atoms with Gasteiger partial charge in [-0.25, -0.2) is 8.42 Å². The molecule has 7 heteroatoms. The van der Waals surface area contributed by atoms with Gasteiger partial charge in [0.2, 0.25) is 0 Å². The van der Waals surface area contributed by atoms with Crippen LogP contribution in [0.3, 0.4) is 0 Å². The summed E-state index contributed by atoms with van der Waals surface area (Å²) in [6.45, 7) is 3.16. The third-order valence-electron chi connectivity index (χ3n) is 3.70. The maximum absolute atomic E-state index is 12.6. The van der Waals surface area contributed by atoms with Gasteiger partial charge in [-0.2, -0.15) is 0 Å². The van der Waals surface area contributed by atoms with Gasteiger partial charge in [-0.15, -0.1) is 0 Å². The second-order valence-corrected chi connectivity index (χ2v) is 8.09. The van der Waals surface area contributed by atoms with E-state index in [0.29, 0.717) is 17.2 Å². The number of sulfone groups is 1. The van der Waals surface area contributed by atoms with Crippen molar-refractivity contribution in [3.8, 4) is 11.5 Å². The first kappa shape index (κ1) is 18.8. The lowest BCUT2D eigenvalue weighted by atomic mass is 10.2. The van der Waals surface area contributed by atoms with E-state index in [0.717, 1.165) is 0 Å². The van der Waals surface area contributed by atoms with Crippen LogP contribution < -0.4 is 14.8 Å². The number of nitrogens with one attached hydrogen (secondary N) is 1. The summed E-state index contributed by atoms with van der Waals surface area (Å²) in [6.07, 6.45) is 0. The highest BCUT2D eigenvalue weighted by Crippen LogP contribution is 2.30. The molecule has 0 bridgehead atoms. The Kier molecular flexibility index (Phi) is 5.69. The van der Waals surface area contributed by atoms with Gasteiger partial charge < -0.3 is 14.8 Å². The van der Waals surface area contributed by atoms with Gasteiger partial charge in [0.15, 0.2) is 21.3 Å². The average molecular weight is 363 g/mol. The number of benzene rings is 2. The van der Waals surface area contributed by atoms with Crippen LogP contribution in [0.15, 0.2) is 47.4 Å². The van der Waals surface area contributed by atoms with Gasteiger partial charge in [0.25, 0.3) is 5.91 Å². The van der Waals surface area contributed by atoms with Gasteiger partial charge in [-0.1, -0.05) is 12.1 Å². The Morgan fingerprint density at radius 2 is 1.64 bits per heavy atom. The fourth-order valence-electron chi connectivity index (χ4n) is 2.27. The number of methoxy groups -OCH3 is 2. The van der Waals surface area contributed by atoms with Crippen LogP contribution in [0.5, 0.6) is 11.5 Å². The molecule has 0 heterocycles. The van der Waals surface area contributed by atoms with E-state index < -0.39 is 21.0 Å². The van der Waals surface area contributed by atoms with Crippen LogP contribution >= 0.6 is 0 Å². The highest BCUT2D eigenvalue weighted by molar-refractivity contribution is 7.92.